The molecule has 0 radical (unpaired) electrons. The number of aryl methyl sites for hydroxylation is 1. The molecule has 4 nitrogen and oxygen atoms in total. The summed E-state index contributed by atoms with van der Waals surface area (Å²) in [5.41, 5.74) is 7.22. The van der Waals surface area contributed by atoms with Crippen molar-refractivity contribution in [3.8, 4) is 0 Å². The van der Waals surface area contributed by atoms with E-state index in [-0.39, 0.29) is 32.6 Å². The van der Waals surface area contributed by atoms with Crippen molar-refractivity contribution in [2.75, 3.05) is 11.1 Å². The molecule has 0 fully saturated rings. The fraction of sp³-hybridized carbons (Fsp3) is 0.0769. The summed E-state index contributed by atoms with van der Waals surface area (Å²) in [5.74, 6) is -0.315. The first-order valence-electron chi connectivity index (χ1n) is 5.68. The van der Waals surface area contributed by atoms with Gasteiger partial charge in [0.2, 0.25) is 0 Å². The molecule has 110 valence electrons. The van der Waals surface area contributed by atoms with Crippen LogP contribution in [-0.4, -0.2) is 10.9 Å². The lowest BCUT2D eigenvalue weighted by atomic mass is 10.1. The molecule has 8 heteroatoms. The quantitative estimate of drug-likeness (QED) is 0.690. The predicted octanol–water partition coefficient (Wildman–Crippen LogP) is 4.95. The number of nitrogens with two attached hydrogens (primary N) is 1. The largest absolute Gasteiger partial charge is 0.394 e. The van der Waals surface area contributed by atoms with Crippen molar-refractivity contribution in [1.82, 2.24) is 4.98 Å². The molecule has 1 aromatic carbocycles. The van der Waals surface area contributed by atoms with Crippen molar-refractivity contribution < 1.29 is 4.79 Å². The van der Waals surface area contributed by atoms with Crippen LogP contribution in [0.1, 0.15) is 15.9 Å². The van der Waals surface area contributed by atoms with E-state index in [1.54, 1.807) is 12.1 Å². The molecule has 3 N–H and O–H groups in total. The van der Waals surface area contributed by atoms with Crippen LogP contribution in [0.3, 0.4) is 0 Å². The summed E-state index contributed by atoms with van der Waals surface area (Å²) < 4.78 is 0.792. The normalized spacial score (nSPS) is 10.5. The number of hydrogen-bond donors (Lipinski definition) is 2. The minimum atomic E-state index is -0.381. The van der Waals surface area contributed by atoms with Crippen molar-refractivity contribution in [2.45, 2.75) is 6.92 Å². The van der Waals surface area contributed by atoms with Gasteiger partial charge in [-0.1, -0.05) is 50.7 Å². The average molecular weight is 409 g/mol. The summed E-state index contributed by atoms with van der Waals surface area (Å²) in [6.07, 6.45) is 0. The maximum absolute atomic E-state index is 12.2. The standard InChI is InChI=1S/C13H9BrCl3N3O/c1-5-2-6(4-7(14)3-5)13(21)20-12-10(18)8(15)9(16)11(17)19-12/h2-4H,18H2,1H3,(H,19,20,21). The Morgan fingerprint density at radius 1 is 1.24 bits per heavy atom. The molecule has 0 saturated heterocycles. The molecule has 0 aliphatic rings. The Morgan fingerprint density at radius 2 is 1.90 bits per heavy atom. The number of nitrogens with zero attached hydrogens (tertiary/aromatic N) is 1. The number of aromatic nitrogens is 1. The fourth-order valence-electron chi connectivity index (χ4n) is 1.66. The summed E-state index contributed by atoms with van der Waals surface area (Å²) in [7, 11) is 0. The van der Waals surface area contributed by atoms with Gasteiger partial charge in [-0.25, -0.2) is 4.98 Å². The highest BCUT2D eigenvalue weighted by Gasteiger charge is 2.17. The van der Waals surface area contributed by atoms with Crippen LogP contribution in [0, 0.1) is 6.92 Å². The zero-order chi connectivity index (χ0) is 15.7. The van der Waals surface area contributed by atoms with E-state index >= 15 is 0 Å². The van der Waals surface area contributed by atoms with Gasteiger partial charge < -0.3 is 11.1 Å². The zero-order valence-electron chi connectivity index (χ0n) is 10.7. The molecule has 21 heavy (non-hydrogen) atoms. The van der Waals surface area contributed by atoms with E-state index in [0.29, 0.717) is 5.56 Å². The van der Waals surface area contributed by atoms with Crippen LogP contribution < -0.4 is 11.1 Å². The first kappa shape index (κ1) is 16.4. The van der Waals surface area contributed by atoms with Gasteiger partial charge in [-0.15, -0.1) is 0 Å². The number of pyridine rings is 1. The first-order valence-corrected chi connectivity index (χ1v) is 7.60. The summed E-state index contributed by atoms with van der Waals surface area (Å²) in [6, 6.07) is 5.30. The SMILES string of the molecule is Cc1cc(Br)cc(C(=O)Nc2nc(Cl)c(Cl)c(Cl)c2N)c1. The van der Waals surface area contributed by atoms with Gasteiger partial charge in [0.25, 0.3) is 5.91 Å². The highest BCUT2D eigenvalue weighted by atomic mass is 79.9. The third-order valence-electron chi connectivity index (χ3n) is 2.61. The summed E-state index contributed by atoms with van der Waals surface area (Å²) >= 11 is 20.9. The predicted molar refractivity (Wildman–Crippen MR) is 90.5 cm³/mol. The van der Waals surface area contributed by atoms with Crippen LogP contribution in [0.5, 0.6) is 0 Å². The highest BCUT2D eigenvalue weighted by Crippen LogP contribution is 2.37. The van der Waals surface area contributed by atoms with Crippen molar-refractivity contribution in [3.63, 3.8) is 0 Å². The van der Waals surface area contributed by atoms with Crippen LogP contribution in [0.15, 0.2) is 22.7 Å². The molecule has 0 saturated carbocycles. The Kier molecular flexibility index (Phi) is 4.99. The summed E-state index contributed by atoms with van der Waals surface area (Å²) in [5, 5.41) is 2.64. The lowest BCUT2D eigenvalue weighted by Gasteiger charge is -2.11. The molecule has 1 heterocycles. The van der Waals surface area contributed by atoms with Gasteiger partial charge in [0.05, 0.1) is 15.7 Å². The number of amides is 1. The average Bonchev–Trinajstić information content (AvgIpc) is 2.41. The lowest BCUT2D eigenvalue weighted by Crippen LogP contribution is -2.15. The van der Waals surface area contributed by atoms with Crippen molar-refractivity contribution >= 4 is 68.1 Å². The number of rotatable bonds is 2. The number of hydrogen-bond acceptors (Lipinski definition) is 3. The minimum Gasteiger partial charge on any atom is -0.394 e. The molecule has 0 aliphatic carbocycles. The molecule has 0 spiro atoms. The molecule has 1 amide bonds. The van der Waals surface area contributed by atoms with Gasteiger partial charge in [-0.05, 0) is 30.7 Å². The molecule has 2 aromatic rings. The van der Waals surface area contributed by atoms with Crippen LogP contribution >= 0.6 is 50.7 Å². The monoisotopic (exact) mass is 407 g/mol. The van der Waals surface area contributed by atoms with E-state index in [2.05, 4.69) is 26.2 Å². The number of anilines is 2. The number of nitrogens with one attached hydrogen (secondary N) is 1. The molecule has 0 unspecified atom stereocenters. The molecule has 0 aliphatic heterocycles. The van der Waals surface area contributed by atoms with Crippen LogP contribution in [0.25, 0.3) is 0 Å². The molecular weight excluding hydrogens is 400 g/mol. The van der Waals surface area contributed by atoms with Crippen LogP contribution in [0.2, 0.25) is 15.2 Å². The Balaban J connectivity index is 2.36. The van der Waals surface area contributed by atoms with Gasteiger partial charge in [0.1, 0.15) is 0 Å². The Bertz CT molecular complexity index is 717. The van der Waals surface area contributed by atoms with E-state index in [4.69, 9.17) is 40.5 Å². The topological polar surface area (TPSA) is 68.0 Å². The minimum absolute atomic E-state index is 0.0309. The maximum atomic E-state index is 12.2. The van der Waals surface area contributed by atoms with E-state index in [0.717, 1.165) is 10.0 Å². The number of carbonyl (C=O) groups is 1. The number of benzene rings is 1. The van der Waals surface area contributed by atoms with Crippen LogP contribution in [-0.2, 0) is 0 Å². The Labute approximate surface area is 144 Å². The second kappa shape index (κ2) is 6.40. The van der Waals surface area contributed by atoms with Gasteiger partial charge >= 0.3 is 0 Å². The van der Waals surface area contributed by atoms with Crippen molar-refractivity contribution in [1.29, 1.82) is 0 Å². The zero-order valence-corrected chi connectivity index (χ0v) is 14.5. The van der Waals surface area contributed by atoms with Gasteiger partial charge in [-0.2, -0.15) is 0 Å². The highest BCUT2D eigenvalue weighted by molar-refractivity contribution is 9.10. The molecule has 2 rings (SSSR count). The molecule has 0 bridgehead atoms. The van der Waals surface area contributed by atoms with Gasteiger partial charge in [-0.3, -0.25) is 4.79 Å². The fourth-order valence-corrected chi connectivity index (χ4v) is 2.82. The third kappa shape index (κ3) is 3.61. The van der Waals surface area contributed by atoms with Crippen molar-refractivity contribution in [3.05, 3.63) is 49.0 Å². The number of nitrogen functional groups attached to an aromatic ring is 1. The second-order valence-electron chi connectivity index (χ2n) is 4.26. The maximum Gasteiger partial charge on any atom is 0.256 e. The Morgan fingerprint density at radius 3 is 2.52 bits per heavy atom. The van der Waals surface area contributed by atoms with Crippen molar-refractivity contribution in [2.24, 2.45) is 0 Å². The number of carbonyl (C=O) groups excluding carboxylic acids is 1. The van der Waals surface area contributed by atoms with E-state index in [1.165, 1.54) is 0 Å². The van der Waals surface area contributed by atoms with Gasteiger partial charge in [0.15, 0.2) is 11.0 Å². The van der Waals surface area contributed by atoms with E-state index < -0.39 is 0 Å². The Hall–Kier alpha value is -1.01. The first-order chi connectivity index (χ1) is 9.79. The van der Waals surface area contributed by atoms with Crippen LogP contribution in [0.4, 0.5) is 11.5 Å². The smallest absolute Gasteiger partial charge is 0.256 e. The second-order valence-corrected chi connectivity index (χ2v) is 6.29. The molecular formula is C13H9BrCl3N3O. The van der Waals surface area contributed by atoms with E-state index in [1.807, 2.05) is 13.0 Å². The molecule has 0 atom stereocenters. The van der Waals surface area contributed by atoms with Gasteiger partial charge in [0, 0.05) is 10.0 Å². The third-order valence-corrected chi connectivity index (χ3v) is 4.30. The van der Waals surface area contributed by atoms with E-state index in [9.17, 15) is 4.79 Å². The molecule has 1 aromatic heterocycles. The summed E-state index contributed by atoms with van der Waals surface area (Å²) in [6.45, 7) is 1.88. The summed E-state index contributed by atoms with van der Waals surface area (Å²) in [4.78, 5) is 16.2. The lowest BCUT2D eigenvalue weighted by molar-refractivity contribution is 0.102. The number of halogens is 4.